The molecular formula is C15H13ClFNO2S. The molecule has 0 atom stereocenters. The molecule has 21 heavy (non-hydrogen) atoms. The smallest absolute Gasteiger partial charge is 0.239 e. The Labute approximate surface area is 128 Å². The molecule has 6 heteroatoms. The van der Waals surface area contributed by atoms with E-state index in [2.05, 4.69) is 0 Å². The fraction of sp³-hybridized carbons (Fsp3) is 0.200. The van der Waals surface area contributed by atoms with Crippen LogP contribution in [0, 0.1) is 5.82 Å². The number of halogens is 2. The molecule has 0 saturated heterocycles. The van der Waals surface area contributed by atoms with Crippen molar-refractivity contribution in [3.8, 4) is 0 Å². The largest absolute Gasteiger partial charge is 0.269 e. The summed E-state index contributed by atoms with van der Waals surface area (Å²) < 4.78 is 39.4. The molecule has 1 aliphatic heterocycles. The Morgan fingerprint density at radius 2 is 1.86 bits per heavy atom. The molecule has 0 aliphatic carbocycles. The van der Waals surface area contributed by atoms with Crippen LogP contribution in [0.3, 0.4) is 0 Å². The van der Waals surface area contributed by atoms with E-state index in [-0.39, 0.29) is 11.6 Å². The van der Waals surface area contributed by atoms with Crippen molar-refractivity contribution >= 4 is 27.3 Å². The molecule has 2 aromatic carbocycles. The molecule has 0 amide bonds. The number of sulfonamides is 1. The van der Waals surface area contributed by atoms with Gasteiger partial charge in [-0.3, -0.25) is 4.31 Å². The maximum Gasteiger partial charge on any atom is 0.239 e. The third kappa shape index (κ3) is 2.89. The number of fused-ring (bicyclic) bond motifs is 1. The van der Waals surface area contributed by atoms with Crippen LogP contribution in [0.25, 0.3) is 0 Å². The minimum absolute atomic E-state index is 0.144. The van der Waals surface area contributed by atoms with Crippen LogP contribution in [0.4, 0.5) is 10.1 Å². The summed E-state index contributed by atoms with van der Waals surface area (Å²) in [5.41, 5.74) is 2.19. The minimum atomic E-state index is -3.48. The van der Waals surface area contributed by atoms with Gasteiger partial charge in [-0.1, -0.05) is 23.7 Å². The number of benzene rings is 2. The van der Waals surface area contributed by atoms with Crippen molar-refractivity contribution in [2.75, 3.05) is 10.8 Å². The molecule has 0 fully saturated rings. The molecule has 2 aromatic rings. The molecule has 1 aliphatic rings. The Hall–Kier alpha value is -1.59. The quantitative estimate of drug-likeness (QED) is 0.867. The Balaban J connectivity index is 1.89. The molecule has 0 bridgehead atoms. The summed E-state index contributed by atoms with van der Waals surface area (Å²) in [6.07, 6.45) is 0.651. The van der Waals surface area contributed by atoms with E-state index in [9.17, 15) is 12.8 Å². The van der Waals surface area contributed by atoms with Crippen molar-refractivity contribution in [1.82, 2.24) is 0 Å². The SMILES string of the molecule is O=S(=O)(Cc1ccc(F)cc1)N1CCc2cc(Cl)ccc21. The number of hydrogen-bond donors (Lipinski definition) is 0. The summed E-state index contributed by atoms with van der Waals surface area (Å²) in [5.74, 6) is -0.521. The molecule has 110 valence electrons. The number of rotatable bonds is 3. The molecule has 0 spiro atoms. The molecule has 0 radical (unpaired) electrons. The maximum atomic E-state index is 12.9. The lowest BCUT2D eigenvalue weighted by Gasteiger charge is -2.19. The van der Waals surface area contributed by atoms with Gasteiger partial charge in [0, 0.05) is 11.6 Å². The van der Waals surface area contributed by atoms with E-state index in [1.165, 1.54) is 28.6 Å². The third-order valence-corrected chi connectivity index (χ3v) is 5.48. The maximum absolute atomic E-state index is 12.9. The average Bonchev–Trinajstić information content (AvgIpc) is 2.85. The first kappa shape index (κ1) is 14.4. The highest BCUT2D eigenvalue weighted by Crippen LogP contribution is 2.33. The second-order valence-electron chi connectivity index (χ2n) is 4.98. The summed E-state index contributed by atoms with van der Waals surface area (Å²) in [4.78, 5) is 0. The summed E-state index contributed by atoms with van der Waals surface area (Å²) in [5, 5.41) is 0.603. The fourth-order valence-corrected chi connectivity index (χ4v) is 4.31. The first-order valence-electron chi connectivity index (χ1n) is 6.49. The van der Waals surface area contributed by atoms with E-state index >= 15 is 0 Å². The van der Waals surface area contributed by atoms with Crippen molar-refractivity contribution in [3.63, 3.8) is 0 Å². The van der Waals surface area contributed by atoms with Crippen LogP contribution in [0.2, 0.25) is 5.02 Å². The summed E-state index contributed by atoms with van der Waals surface area (Å²) in [7, 11) is -3.48. The molecular weight excluding hydrogens is 313 g/mol. The van der Waals surface area contributed by atoms with Gasteiger partial charge in [0.1, 0.15) is 5.82 Å². The van der Waals surface area contributed by atoms with Crippen LogP contribution < -0.4 is 4.31 Å². The van der Waals surface area contributed by atoms with Gasteiger partial charge < -0.3 is 0 Å². The second-order valence-corrected chi connectivity index (χ2v) is 7.31. The van der Waals surface area contributed by atoms with Crippen molar-refractivity contribution in [2.24, 2.45) is 0 Å². The topological polar surface area (TPSA) is 37.4 Å². The number of hydrogen-bond acceptors (Lipinski definition) is 2. The van der Waals surface area contributed by atoms with E-state index in [0.29, 0.717) is 29.2 Å². The van der Waals surface area contributed by atoms with Gasteiger partial charge in [-0.05, 0) is 47.9 Å². The second kappa shape index (κ2) is 5.31. The molecule has 3 rings (SSSR count). The Bertz CT molecular complexity index is 775. The predicted octanol–water partition coefficient (Wildman–Crippen LogP) is 3.37. The van der Waals surface area contributed by atoms with Crippen molar-refractivity contribution in [2.45, 2.75) is 12.2 Å². The Morgan fingerprint density at radius 1 is 1.14 bits per heavy atom. The van der Waals surface area contributed by atoms with Crippen LogP contribution in [0.5, 0.6) is 0 Å². The molecule has 3 nitrogen and oxygen atoms in total. The predicted molar refractivity (Wildman–Crippen MR) is 81.5 cm³/mol. The van der Waals surface area contributed by atoms with E-state index in [1.54, 1.807) is 18.2 Å². The van der Waals surface area contributed by atoms with Gasteiger partial charge in [0.2, 0.25) is 10.0 Å². The summed E-state index contributed by atoms with van der Waals surface area (Å²) in [6.45, 7) is 0.416. The van der Waals surface area contributed by atoms with E-state index in [1.807, 2.05) is 0 Å². The van der Waals surface area contributed by atoms with Crippen LogP contribution >= 0.6 is 11.6 Å². The standard InChI is InChI=1S/C15H13ClFNO2S/c16-13-3-6-15-12(9-13)7-8-18(15)21(19,20)10-11-1-4-14(17)5-2-11/h1-6,9H,7-8,10H2. The normalized spacial score (nSPS) is 14.3. The van der Waals surface area contributed by atoms with Gasteiger partial charge in [-0.2, -0.15) is 0 Å². The summed E-state index contributed by atoms with van der Waals surface area (Å²) in [6, 6.07) is 10.7. The van der Waals surface area contributed by atoms with Crippen molar-refractivity contribution in [1.29, 1.82) is 0 Å². The zero-order valence-electron chi connectivity index (χ0n) is 11.1. The van der Waals surface area contributed by atoms with Crippen LogP contribution in [-0.4, -0.2) is 15.0 Å². The number of nitrogens with zero attached hydrogens (tertiary/aromatic N) is 1. The molecule has 0 N–H and O–H groups in total. The Kier molecular flexibility index (Phi) is 3.63. The lowest BCUT2D eigenvalue weighted by molar-refractivity contribution is 0.591. The molecule has 0 saturated carbocycles. The monoisotopic (exact) mass is 325 g/mol. The van der Waals surface area contributed by atoms with Gasteiger partial charge in [0.15, 0.2) is 0 Å². The summed E-state index contributed by atoms with van der Waals surface area (Å²) >= 11 is 5.93. The van der Waals surface area contributed by atoms with E-state index in [0.717, 1.165) is 5.56 Å². The van der Waals surface area contributed by atoms with Gasteiger partial charge in [-0.15, -0.1) is 0 Å². The highest BCUT2D eigenvalue weighted by Gasteiger charge is 2.29. The Morgan fingerprint density at radius 3 is 2.57 bits per heavy atom. The highest BCUT2D eigenvalue weighted by molar-refractivity contribution is 7.92. The first-order valence-corrected chi connectivity index (χ1v) is 8.48. The zero-order chi connectivity index (χ0) is 15.0. The van der Waals surface area contributed by atoms with Crippen LogP contribution in [-0.2, 0) is 22.2 Å². The van der Waals surface area contributed by atoms with Crippen molar-refractivity contribution < 1.29 is 12.8 Å². The third-order valence-electron chi connectivity index (χ3n) is 3.49. The lowest BCUT2D eigenvalue weighted by atomic mass is 10.2. The van der Waals surface area contributed by atoms with E-state index in [4.69, 9.17) is 11.6 Å². The molecule has 0 unspecified atom stereocenters. The van der Waals surface area contributed by atoms with Crippen molar-refractivity contribution in [3.05, 3.63) is 64.4 Å². The van der Waals surface area contributed by atoms with Gasteiger partial charge in [0.05, 0.1) is 11.4 Å². The van der Waals surface area contributed by atoms with E-state index < -0.39 is 10.0 Å². The zero-order valence-corrected chi connectivity index (χ0v) is 12.7. The molecule has 1 heterocycles. The van der Waals surface area contributed by atoms with Gasteiger partial charge in [-0.25, -0.2) is 12.8 Å². The molecule has 0 aromatic heterocycles. The van der Waals surface area contributed by atoms with Gasteiger partial charge >= 0.3 is 0 Å². The van der Waals surface area contributed by atoms with Gasteiger partial charge in [0.25, 0.3) is 0 Å². The fourth-order valence-electron chi connectivity index (χ4n) is 2.50. The van der Waals surface area contributed by atoms with Crippen LogP contribution in [0.15, 0.2) is 42.5 Å². The number of anilines is 1. The first-order chi connectivity index (χ1) is 9.95. The highest BCUT2D eigenvalue weighted by atomic mass is 35.5. The van der Waals surface area contributed by atoms with Crippen LogP contribution in [0.1, 0.15) is 11.1 Å². The average molecular weight is 326 g/mol. The lowest BCUT2D eigenvalue weighted by Crippen LogP contribution is -2.30. The minimum Gasteiger partial charge on any atom is -0.269 e.